The molecule has 2 aromatic rings. The summed E-state index contributed by atoms with van der Waals surface area (Å²) in [5.74, 6) is -1.06. The lowest BCUT2D eigenvalue weighted by Gasteiger charge is -2.31. The number of H-pyrrole nitrogens is 1. The molecule has 1 unspecified atom stereocenters. The number of aryl methyl sites for hydroxylation is 1. The van der Waals surface area contributed by atoms with Crippen molar-refractivity contribution in [1.82, 2.24) is 15.1 Å². The van der Waals surface area contributed by atoms with Crippen molar-refractivity contribution in [2.45, 2.75) is 32.5 Å². The molecule has 1 aliphatic heterocycles. The molecule has 0 spiro atoms. The first-order valence-corrected chi connectivity index (χ1v) is 7.29. The zero-order chi connectivity index (χ0) is 16.4. The zero-order valence-electron chi connectivity index (χ0n) is 12.7. The molecule has 1 aromatic heterocycles. The topological polar surface area (TPSA) is 95.5 Å². The van der Waals surface area contributed by atoms with Crippen molar-refractivity contribution in [2.75, 3.05) is 0 Å². The molecule has 0 bridgehead atoms. The number of amides is 1. The number of fused-ring (bicyclic) bond motifs is 1. The summed E-state index contributed by atoms with van der Waals surface area (Å²) < 4.78 is 5.27. The average molecular weight is 315 g/mol. The summed E-state index contributed by atoms with van der Waals surface area (Å²) in [6, 6.07) is 8.30. The van der Waals surface area contributed by atoms with Crippen LogP contribution in [0, 0.1) is 6.92 Å². The van der Waals surface area contributed by atoms with Gasteiger partial charge in [-0.25, -0.2) is 9.59 Å². The van der Waals surface area contributed by atoms with Gasteiger partial charge in [0.15, 0.2) is 0 Å². The lowest BCUT2D eigenvalue weighted by Crippen LogP contribution is -2.48. The number of nitrogens with zero attached hydrogens (tertiary/aromatic N) is 2. The molecule has 7 heteroatoms. The minimum atomic E-state index is -1.06. The van der Waals surface area contributed by atoms with Gasteiger partial charge in [0.1, 0.15) is 12.6 Å². The van der Waals surface area contributed by atoms with Crippen molar-refractivity contribution in [3.63, 3.8) is 0 Å². The summed E-state index contributed by atoms with van der Waals surface area (Å²) >= 11 is 0. The fourth-order valence-electron chi connectivity index (χ4n) is 2.67. The largest absolute Gasteiger partial charge is 0.480 e. The third-order valence-corrected chi connectivity index (χ3v) is 3.98. The lowest BCUT2D eigenvalue weighted by atomic mass is 9.99. The van der Waals surface area contributed by atoms with Gasteiger partial charge in [0, 0.05) is 17.7 Å². The zero-order valence-corrected chi connectivity index (χ0v) is 12.7. The Balaban J connectivity index is 1.75. The Kier molecular flexibility index (Phi) is 4.01. The molecular weight excluding hydrogens is 298 g/mol. The predicted octanol–water partition coefficient (Wildman–Crippen LogP) is 1.87. The van der Waals surface area contributed by atoms with Crippen LogP contribution in [0.4, 0.5) is 4.79 Å². The average Bonchev–Trinajstić information content (AvgIpc) is 2.93. The highest BCUT2D eigenvalue weighted by Gasteiger charge is 2.37. The molecule has 0 aliphatic carbocycles. The number of aliphatic carboxylic acids is 1. The van der Waals surface area contributed by atoms with Crippen molar-refractivity contribution in [3.8, 4) is 0 Å². The summed E-state index contributed by atoms with van der Waals surface area (Å²) in [5, 5.41) is 16.3. The second-order valence-electron chi connectivity index (χ2n) is 5.50. The molecule has 1 atom stereocenters. The molecule has 1 aliphatic rings. The summed E-state index contributed by atoms with van der Waals surface area (Å²) in [7, 11) is 0. The van der Waals surface area contributed by atoms with Gasteiger partial charge in [0.25, 0.3) is 0 Å². The number of rotatable bonds is 3. The van der Waals surface area contributed by atoms with Crippen molar-refractivity contribution in [3.05, 3.63) is 52.8 Å². The number of carboxylic acids is 1. The monoisotopic (exact) mass is 315 g/mol. The Labute approximate surface area is 132 Å². The standard InChI is InChI=1S/C16H17N3O4/c1-10-12-8-19(14(15(20)21)7-13(12)18-17-10)16(22)23-9-11-5-3-2-4-6-11/h2-6,14H,7-9H2,1H3,(H,17,18)(H,20,21). The van der Waals surface area contributed by atoms with Crippen LogP contribution < -0.4 is 0 Å². The molecule has 120 valence electrons. The molecule has 0 fully saturated rings. The Morgan fingerprint density at radius 2 is 2.13 bits per heavy atom. The Bertz CT molecular complexity index is 726. The summed E-state index contributed by atoms with van der Waals surface area (Å²) in [6.45, 7) is 2.14. The minimum Gasteiger partial charge on any atom is -0.480 e. The summed E-state index contributed by atoms with van der Waals surface area (Å²) in [5.41, 5.74) is 3.25. The van der Waals surface area contributed by atoms with Gasteiger partial charge < -0.3 is 9.84 Å². The van der Waals surface area contributed by atoms with E-state index in [1.165, 1.54) is 4.90 Å². The molecule has 23 heavy (non-hydrogen) atoms. The normalized spacial score (nSPS) is 16.7. The van der Waals surface area contributed by atoms with Crippen LogP contribution >= 0.6 is 0 Å². The van der Waals surface area contributed by atoms with E-state index in [2.05, 4.69) is 10.2 Å². The molecule has 3 rings (SSSR count). The van der Waals surface area contributed by atoms with Crippen LogP contribution in [-0.4, -0.2) is 38.3 Å². The highest BCUT2D eigenvalue weighted by atomic mass is 16.6. The van der Waals surface area contributed by atoms with Gasteiger partial charge >= 0.3 is 12.1 Å². The Hall–Kier alpha value is -2.83. The van der Waals surface area contributed by atoms with E-state index in [4.69, 9.17) is 4.74 Å². The molecule has 0 saturated heterocycles. The van der Waals surface area contributed by atoms with Gasteiger partial charge in [-0.15, -0.1) is 0 Å². The molecule has 0 saturated carbocycles. The van der Waals surface area contributed by atoms with Crippen molar-refractivity contribution < 1.29 is 19.4 Å². The second-order valence-corrected chi connectivity index (χ2v) is 5.50. The van der Waals surface area contributed by atoms with E-state index in [9.17, 15) is 14.7 Å². The maximum Gasteiger partial charge on any atom is 0.411 e. The van der Waals surface area contributed by atoms with Crippen LogP contribution in [0.15, 0.2) is 30.3 Å². The van der Waals surface area contributed by atoms with Gasteiger partial charge in [-0.1, -0.05) is 30.3 Å². The third kappa shape index (κ3) is 3.03. The number of aromatic amines is 1. The van der Waals surface area contributed by atoms with E-state index in [1.54, 1.807) is 0 Å². The van der Waals surface area contributed by atoms with E-state index in [0.29, 0.717) is 5.69 Å². The molecule has 2 heterocycles. The number of hydrogen-bond donors (Lipinski definition) is 2. The Morgan fingerprint density at radius 3 is 2.83 bits per heavy atom. The maximum absolute atomic E-state index is 12.3. The fraction of sp³-hybridized carbons (Fsp3) is 0.312. The van der Waals surface area contributed by atoms with E-state index < -0.39 is 18.1 Å². The van der Waals surface area contributed by atoms with Gasteiger partial charge in [0.2, 0.25) is 0 Å². The van der Waals surface area contributed by atoms with E-state index >= 15 is 0 Å². The number of carboxylic acid groups (broad SMARTS) is 1. The van der Waals surface area contributed by atoms with Crippen molar-refractivity contribution >= 4 is 12.1 Å². The van der Waals surface area contributed by atoms with Crippen LogP contribution in [0.2, 0.25) is 0 Å². The number of carbonyl (C=O) groups excluding carboxylic acids is 1. The second kappa shape index (κ2) is 6.12. The number of carbonyl (C=O) groups is 2. The number of hydrogen-bond acceptors (Lipinski definition) is 4. The molecular formula is C16H17N3O4. The Morgan fingerprint density at radius 1 is 1.39 bits per heavy atom. The molecule has 7 nitrogen and oxygen atoms in total. The van der Waals surface area contributed by atoms with Crippen LogP contribution in [0.25, 0.3) is 0 Å². The molecule has 0 radical (unpaired) electrons. The van der Waals surface area contributed by atoms with Gasteiger partial charge in [-0.05, 0) is 12.5 Å². The summed E-state index contributed by atoms with van der Waals surface area (Å²) in [4.78, 5) is 25.1. The van der Waals surface area contributed by atoms with Crippen molar-refractivity contribution in [2.24, 2.45) is 0 Å². The maximum atomic E-state index is 12.3. The molecule has 2 N–H and O–H groups in total. The van der Waals surface area contributed by atoms with Crippen molar-refractivity contribution in [1.29, 1.82) is 0 Å². The molecule has 1 aromatic carbocycles. The summed E-state index contributed by atoms with van der Waals surface area (Å²) in [6.07, 6.45) is -0.456. The van der Waals surface area contributed by atoms with E-state index in [-0.39, 0.29) is 19.6 Å². The van der Waals surface area contributed by atoms with Gasteiger partial charge in [-0.2, -0.15) is 5.10 Å². The van der Waals surface area contributed by atoms with E-state index in [0.717, 1.165) is 16.8 Å². The number of ether oxygens (including phenoxy) is 1. The smallest absolute Gasteiger partial charge is 0.411 e. The highest BCUT2D eigenvalue weighted by molar-refractivity contribution is 5.81. The van der Waals surface area contributed by atoms with Gasteiger partial charge in [-0.3, -0.25) is 10.00 Å². The first-order chi connectivity index (χ1) is 11.1. The van der Waals surface area contributed by atoms with Crippen LogP contribution in [0.5, 0.6) is 0 Å². The fourth-order valence-corrected chi connectivity index (χ4v) is 2.67. The SMILES string of the molecule is Cc1[nH]nc2c1CN(C(=O)OCc1ccccc1)C(C(=O)O)C2. The number of nitrogens with one attached hydrogen (secondary N) is 1. The number of aromatic nitrogens is 2. The minimum absolute atomic E-state index is 0.111. The third-order valence-electron chi connectivity index (χ3n) is 3.98. The number of benzene rings is 1. The first kappa shape index (κ1) is 15.1. The predicted molar refractivity (Wildman–Crippen MR) is 80.6 cm³/mol. The van der Waals surface area contributed by atoms with Gasteiger partial charge in [0.05, 0.1) is 12.2 Å². The first-order valence-electron chi connectivity index (χ1n) is 7.29. The molecule has 1 amide bonds. The van der Waals surface area contributed by atoms with E-state index in [1.807, 2.05) is 37.3 Å². The van der Waals surface area contributed by atoms with Crippen LogP contribution in [0.1, 0.15) is 22.5 Å². The lowest BCUT2D eigenvalue weighted by molar-refractivity contribution is -0.143. The quantitative estimate of drug-likeness (QED) is 0.901. The van der Waals surface area contributed by atoms with Crippen LogP contribution in [-0.2, 0) is 29.1 Å². The van der Waals surface area contributed by atoms with Crippen LogP contribution in [0.3, 0.4) is 0 Å². The highest BCUT2D eigenvalue weighted by Crippen LogP contribution is 2.25.